The third-order valence-corrected chi connectivity index (χ3v) is 10.1. The molecular formula is C23H31N3O3S2Si. The molecule has 0 bridgehead atoms. The van der Waals surface area contributed by atoms with Crippen LogP contribution in [0.25, 0.3) is 11.0 Å². The van der Waals surface area contributed by atoms with Crippen LogP contribution in [0.4, 0.5) is 5.69 Å². The summed E-state index contributed by atoms with van der Waals surface area (Å²) >= 11 is 1.62. The SMILES string of the molecule is Cc1ccc(S(=O)(=O)N2CCCSc3nc4c(ccn4COCC[Si](C)(C)C)cc32)cc1. The summed E-state index contributed by atoms with van der Waals surface area (Å²) in [5, 5.41) is 1.68. The molecule has 0 saturated heterocycles. The lowest BCUT2D eigenvalue weighted by atomic mass is 10.2. The van der Waals surface area contributed by atoms with Crippen LogP contribution in [-0.4, -0.2) is 44.9 Å². The van der Waals surface area contributed by atoms with E-state index in [0.29, 0.717) is 23.9 Å². The number of fused-ring (bicyclic) bond motifs is 2. The molecule has 3 heterocycles. The average Bonchev–Trinajstić information content (AvgIpc) is 2.98. The summed E-state index contributed by atoms with van der Waals surface area (Å²) in [6.07, 6.45) is 2.74. The molecule has 32 heavy (non-hydrogen) atoms. The number of pyridine rings is 1. The lowest BCUT2D eigenvalue weighted by Crippen LogP contribution is -2.32. The fourth-order valence-corrected chi connectivity index (χ4v) is 6.85. The van der Waals surface area contributed by atoms with Gasteiger partial charge in [-0.05, 0) is 43.7 Å². The standard InChI is InChI=1S/C23H31N3O3S2Si/c1-18-6-8-20(9-7-18)31(27,28)26-11-5-14-30-23-21(26)16-19-10-12-25(22(19)24-23)17-29-13-15-32(2,3)4/h6-10,12,16H,5,11,13-15,17H2,1-4H3. The van der Waals surface area contributed by atoms with Crippen molar-refractivity contribution in [2.75, 3.05) is 23.2 Å². The quantitative estimate of drug-likeness (QED) is 0.331. The maximum Gasteiger partial charge on any atom is 0.264 e. The lowest BCUT2D eigenvalue weighted by molar-refractivity contribution is 0.0898. The molecule has 172 valence electrons. The van der Waals surface area contributed by atoms with Crippen molar-refractivity contribution >= 4 is 46.6 Å². The van der Waals surface area contributed by atoms with Crippen LogP contribution in [0.3, 0.4) is 0 Å². The van der Waals surface area contributed by atoms with Crippen LogP contribution < -0.4 is 4.31 Å². The Morgan fingerprint density at radius 1 is 1.16 bits per heavy atom. The van der Waals surface area contributed by atoms with Gasteiger partial charge in [-0.25, -0.2) is 13.4 Å². The van der Waals surface area contributed by atoms with Gasteiger partial charge in [0.1, 0.15) is 17.4 Å². The second-order valence-corrected chi connectivity index (χ2v) is 18.0. The first-order valence-electron chi connectivity index (χ1n) is 10.9. The largest absolute Gasteiger partial charge is 0.361 e. The summed E-state index contributed by atoms with van der Waals surface area (Å²) in [4.78, 5) is 5.20. The second-order valence-electron chi connectivity index (χ2n) is 9.45. The molecule has 0 N–H and O–H groups in total. The Morgan fingerprint density at radius 2 is 1.91 bits per heavy atom. The Morgan fingerprint density at radius 3 is 2.62 bits per heavy atom. The van der Waals surface area contributed by atoms with Crippen molar-refractivity contribution in [1.29, 1.82) is 0 Å². The smallest absolute Gasteiger partial charge is 0.264 e. The number of hydrogen-bond acceptors (Lipinski definition) is 5. The number of sulfonamides is 1. The van der Waals surface area contributed by atoms with Crippen molar-refractivity contribution < 1.29 is 13.2 Å². The van der Waals surface area contributed by atoms with Crippen LogP contribution in [0.2, 0.25) is 25.7 Å². The molecule has 1 aliphatic heterocycles. The number of hydrogen-bond donors (Lipinski definition) is 0. The topological polar surface area (TPSA) is 64.4 Å². The summed E-state index contributed by atoms with van der Waals surface area (Å²) in [5.74, 6) is 0.832. The van der Waals surface area contributed by atoms with Crippen LogP contribution >= 0.6 is 11.8 Å². The van der Waals surface area contributed by atoms with E-state index in [4.69, 9.17) is 9.72 Å². The molecule has 2 aromatic heterocycles. The van der Waals surface area contributed by atoms with Gasteiger partial charge >= 0.3 is 0 Å². The molecule has 9 heteroatoms. The Hall–Kier alpha value is -1.81. The van der Waals surface area contributed by atoms with Gasteiger partial charge in [0.25, 0.3) is 10.0 Å². The fourth-order valence-electron chi connectivity index (χ4n) is 3.60. The van der Waals surface area contributed by atoms with E-state index in [1.165, 1.54) is 4.31 Å². The normalized spacial score (nSPS) is 15.1. The molecule has 0 atom stereocenters. The summed E-state index contributed by atoms with van der Waals surface area (Å²) in [6, 6.07) is 12.1. The van der Waals surface area contributed by atoms with Crippen LogP contribution in [0, 0.1) is 6.92 Å². The number of benzene rings is 1. The van der Waals surface area contributed by atoms with Gasteiger partial charge in [-0.1, -0.05) is 37.3 Å². The van der Waals surface area contributed by atoms with Gasteiger partial charge in [0, 0.05) is 38.6 Å². The van der Waals surface area contributed by atoms with Crippen molar-refractivity contribution in [3.63, 3.8) is 0 Å². The molecule has 0 unspecified atom stereocenters. The van der Waals surface area contributed by atoms with Gasteiger partial charge in [-0.3, -0.25) is 4.31 Å². The molecule has 1 aliphatic rings. The number of aromatic nitrogens is 2. The zero-order chi connectivity index (χ0) is 22.9. The first kappa shape index (κ1) is 23.3. The second kappa shape index (κ2) is 9.21. The summed E-state index contributed by atoms with van der Waals surface area (Å²) in [7, 11) is -4.79. The summed E-state index contributed by atoms with van der Waals surface area (Å²) in [5.41, 5.74) is 2.53. The molecule has 0 fully saturated rings. The summed E-state index contributed by atoms with van der Waals surface area (Å²) < 4.78 is 36.4. The molecule has 0 aliphatic carbocycles. The molecule has 0 radical (unpaired) electrons. The highest BCUT2D eigenvalue weighted by Crippen LogP contribution is 2.38. The first-order chi connectivity index (χ1) is 15.1. The Bertz CT molecular complexity index is 1200. The van der Waals surface area contributed by atoms with Gasteiger partial charge in [0.15, 0.2) is 0 Å². The lowest BCUT2D eigenvalue weighted by Gasteiger charge is -2.24. The third kappa shape index (κ3) is 5.06. The molecule has 3 aromatic rings. The van der Waals surface area contributed by atoms with Crippen molar-refractivity contribution in [3.8, 4) is 0 Å². The molecule has 0 amide bonds. The van der Waals surface area contributed by atoms with Gasteiger partial charge in [-0.2, -0.15) is 0 Å². The third-order valence-electron chi connectivity index (χ3n) is 5.53. The molecule has 0 spiro atoms. The molecule has 0 saturated carbocycles. The van der Waals surface area contributed by atoms with E-state index in [1.54, 1.807) is 23.9 Å². The minimum Gasteiger partial charge on any atom is -0.361 e. The van der Waals surface area contributed by atoms with Crippen molar-refractivity contribution in [1.82, 2.24) is 9.55 Å². The number of nitrogens with zero attached hydrogens (tertiary/aromatic N) is 3. The van der Waals surface area contributed by atoms with Crippen LogP contribution in [-0.2, 0) is 21.5 Å². The van der Waals surface area contributed by atoms with E-state index in [-0.39, 0.29) is 0 Å². The van der Waals surface area contributed by atoms with Gasteiger partial charge < -0.3 is 9.30 Å². The number of aryl methyl sites for hydroxylation is 1. The van der Waals surface area contributed by atoms with Crippen molar-refractivity contribution in [3.05, 3.63) is 48.2 Å². The van der Waals surface area contributed by atoms with E-state index in [1.807, 2.05) is 42.0 Å². The monoisotopic (exact) mass is 489 g/mol. The van der Waals surface area contributed by atoms with Gasteiger partial charge in [0.05, 0.1) is 10.6 Å². The highest BCUT2D eigenvalue weighted by Gasteiger charge is 2.29. The number of rotatable bonds is 7. The number of ether oxygens (including phenoxy) is 1. The average molecular weight is 490 g/mol. The van der Waals surface area contributed by atoms with Crippen LogP contribution in [0.5, 0.6) is 0 Å². The number of anilines is 1. The Kier molecular flexibility index (Phi) is 6.72. The maximum absolute atomic E-state index is 13.5. The minimum absolute atomic E-state index is 0.314. The van der Waals surface area contributed by atoms with Crippen LogP contribution in [0.1, 0.15) is 12.0 Å². The predicted molar refractivity (Wildman–Crippen MR) is 135 cm³/mol. The molecule has 4 rings (SSSR count). The Labute approximate surface area is 196 Å². The number of thioether (sulfide) groups is 1. The van der Waals surface area contributed by atoms with Gasteiger partial charge in [0.2, 0.25) is 0 Å². The first-order valence-corrected chi connectivity index (χ1v) is 17.1. The zero-order valence-corrected chi connectivity index (χ0v) is 21.8. The van der Waals surface area contributed by atoms with E-state index in [2.05, 4.69) is 19.6 Å². The van der Waals surface area contributed by atoms with E-state index >= 15 is 0 Å². The highest BCUT2D eigenvalue weighted by molar-refractivity contribution is 7.99. The minimum atomic E-state index is -3.66. The van der Waals surface area contributed by atoms with Crippen molar-refractivity contribution in [2.45, 2.75) is 55.7 Å². The Balaban J connectivity index is 1.65. The van der Waals surface area contributed by atoms with Crippen LogP contribution in [0.15, 0.2) is 52.5 Å². The highest BCUT2D eigenvalue weighted by atomic mass is 32.2. The summed E-state index contributed by atoms with van der Waals surface area (Å²) in [6.45, 7) is 10.6. The molecular weight excluding hydrogens is 458 g/mol. The fraction of sp³-hybridized carbons (Fsp3) is 0.435. The maximum atomic E-state index is 13.5. The van der Waals surface area contributed by atoms with E-state index < -0.39 is 18.1 Å². The predicted octanol–water partition coefficient (Wildman–Crippen LogP) is 5.35. The van der Waals surface area contributed by atoms with Gasteiger partial charge in [-0.15, -0.1) is 11.8 Å². The van der Waals surface area contributed by atoms with E-state index in [9.17, 15) is 8.42 Å². The molecule has 1 aromatic carbocycles. The van der Waals surface area contributed by atoms with Crippen molar-refractivity contribution in [2.24, 2.45) is 0 Å². The van der Waals surface area contributed by atoms with E-state index in [0.717, 1.165) is 46.4 Å². The molecule has 6 nitrogen and oxygen atoms in total. The zero-order valence-electron chi connectivity index (χ0n) is 19.2.